The molecule has 0 amide bonds. The van der Waals surface area contributed by atoms with Crippen LogP contribution >= 0.6 is 15.9 Å². The largest absolute Gasteiger partial charge is 0.384 e. The van der Waals surface area contributed by atoms with Gasteiger partial charge in [-0.2, -0.15) is 5.26 Å². The Morgan fingerprint density at radius 1 is 1.62 bits per heavy atom. The van der Waals surface area contributed by atoms with Crippen molar-refractivity contribution in [3.63, 3.8) is 0 Å². The second kappa shape index (κ2) is 3.39. The Kier molecular flexibility index (Phi) is 2.24. The molecule has 2 nitrogen and oxygen atoms in total. The molecule has 0 saturated carbocycles. The molecule has 1 atom stereocenters. The molecule has 66 valence electrons. The van der Waals surface area contributed by atoms with E-state index in [9.17, 15) is 0 Å². The number of halogens is 1. The third-order valence-electron chi connectivity index (χ3n) is 2.33. The van der Waals surface area contributed by atoms with Gasteiger partial charge in [-0.25, -0.2) is 0 Å². The van der Waals surface area contributed by atoms with Gasteiger partial charge in [0.05, 0.1) is 6.07 Å². The maximum Gasteiger partial charge on any atom is 0.0628 e. The first-order chi connectivity index (χ1) is 6.31. The first-order valence-corrected chi connectivity index (χ1v) is 5.01. The van der Waals surface area contributed by atoms with Crippen LogP contribution in [0.15, 0.2) is 22.7 Å². The Bertz CT molecular complexity index is 368. The van der Waals surface area contributed by atoms with Crippen molar-refractivity contribution in [1.82, 2.24) is 0 Å². The van der Waals surface area contributed by atoms with Gasteiger partial charge in [0, 0.05) is 29.0 Å². The van der Waals surface area contributed by atoms with Crippen LogP contribution < -0.4 is 5.32 Å². The van der Waals surface area contributed by atoms with Crippen LogP contribution in [0.2, 0.25) is 0 Å². The van der Waals surface area contributed by atoms with E-state index in [0.29, 0.717) is 12.3 Å². The lowest BCUT2D eigenvalue weighted by molar-refractivity contribution is 0.780. The molecular formula is C10H9BrN2. The second-order valence-electron chi connectivity index (χ2n) is 3.17. The van der Waals surface area contributed by atoms with Gasteiger partial charge in [-0.15, -0.1) is 0 Å². The average molecular weight is 237 g/mol. The summed E-state index contributed by atoms with van der Waals surface area (Å²) in [5.41, 5.74) is 2.43. The van der Waals surface area contributed by atoms with E-state index in [1.807, 2.05) is 6.07 Å². The van der Waals surface area contributed by atoms with Crippen LogP contribution in [0.5, 0.6) is 0 Å². The van der Waals surface area contributed by atoms with E-state index < -0.39 is 0 Å². The van der Waals surface area contributed by atoms with Crippen molar-refractivity contribution >= 4 is 21.6 Å². The van der Waals surface area contributed by atoms with Crippen molar-refractivity contribution in [1.29, 1.82) is 5.26 Å². The summed E-state index contributed by atoms with van der Waals surface area (Å²) in [5.74, 6) is 0.369. The van der Waals surface area contributed by atoms with E-state index in [-0.39, 0.29) is 0 Å². The van der Waals surface area contributed by atoms with Crippen LogP contribution in [0.3, 0.4) is 0 Å². The van der Waals surface area contributed by atoms with Crippen LogP contribution in [0.4, 0.5) is 5.69 Å². The maximum atomic E-state index is 8.62. The molecule has 0 saturated heterocycles. The van der Waals surface area contributed by atoms with Crippen LogP contribution in [0.25, 0.3) is 0 Å². The summed E-state index contributed by atoms with van der Waals surface area (Å²) in [4.78, 5) is 0. The number of rotatable bonds is 1. The number of hydrogen-bond donors (Lipinski definition) is 1. The standard InChI is InChI=1S/C10H9BrN2/c11-8-1-2-9-7(3-4-12)6-13-10(9)5-8/h1-2,5,7,13H,3,6H2. The summed E-state index contributed by atoms with van der Waals surface area (Å²) in [6, 6.07) is 8.38. The van der Waals surface area contributed by atoms with Gasteiger partial charge in [-0.1, -0.05) is 22.0 Å². The highest BCUT2D eigenvalue weighted by molar-refractivity contribution is 9.10. The Hall–Kier alpha value is -1.01. The van der Waals surface area contributed by atoms with E-state index in [0.717, 1.165) is 16.7 Å². The highest BCUT2D eigenvalue weighted by Gasteiger charge is 2.21. The summed E-state index contributed by atoms with van der Waals surface area (Å²) < 4.78 is 1.08. The van der Waals surface area contributed by atoms with Gasteiger partial charge in [-0.05, 0) is 17.7 Å². The molecule has 1 N–H and O–H groups in total. The van der Waals surface area contributed by atoms with Gasteiger partial charge in [0.15, 0.2) is 0 Å². The van der Waals surface area contributed by atoms with Gasteiger partial charge in [-0.3, -0.25) is 0 Å². The van der Waals surface area contributed by atoms with Crippen molar-refractivity contribution in [2.24, 2.45) is 0 Å². The predicted octanol–water partition coefficient (Wildman–Crippen LogP) is 2.87. The van der Waals surface area contributed by atoms with Gasteiger partial charge >= 0.3 is 0 Å². The van der Waals surface area contributed by atoms with Crippen LogP contribution in [0, 0.1) is 11.3 Å². The first kappa shape index (κ1) is 8.58. The normalized spacial score (nSPS) is 18.9. The molecule has 0 fully saturated rings. The number of nitriles is 1. The molecule has 1 unspecified atom stereocenters. The fourth-order valence-corrected chi connectivity index (χ4v) is 2.03. The molecule has 1 aromatic rings. The molecule has 1 aliphatic rings. The van der Waals surface area contributed by atoms with Crippen molar-refractivity contribution in [2.75, 3.05) is 11.9 Å². The Labute approximate surface area is 85.7 Å². The molecule has 1 aromatic carbocycles. The van der Waals surface area contributed by atoms with E-state index >= 15 is 0 Å². The number of nitrogens with zero attached hydrogens (tertiary/aromatic N) is 1. The zero-order valence-corrected chi connectivity index (χ0v) is 8.63. The predicted molar refractivity (Wildman–Crippen MR) is 55.6 cm³/mol. The summed E-state index contributed by atoms with van der Waals surface area (Å²) in [7, 11) is 0. The molecule has 3 heteroatoms. The minimum atomic E-state index is 0.369. The number of benzene rings is 1. The zero-order valence-electron chi connectivity index (χ0n) is 7.05. The van der Waals surface area contributed by atoms with Crippen molar-refractivity contribution < 1.29 is 0 Å². The number of nitrogens with one attached hydrogen (secondary N) is 1. The second-order valence-corrected chi connectivity index (χ2v) is 4.09. The molecular weight excluding hydrogens is 228 g/mol. The minimum absolute atomic E-state index is 0.369. The quantitative estimate of drug-likeness (QED) is 0.815. The minimum Gasteiger partial charge on any atom is -0.384 e. The van der Waals surface area contributed by atoms with Gasteiger partial charge in [0.1, 0.15) is 0 Å². The summed E-state index contributed by atoms with van der Waals surface area (Å²) in [6.45, 7) is 0.888. The highest BCUT2D eigenvalue weighted by atomic mass is 79.9. The fraction of sp³-hybridized carbons (Fsp3) is 0.300. The molecule has 0 radical (unpaired) electrons. The van der Waals surface area contributed by atoms with E-state index in [1.54, 1.807) is 0 Å². The third-order valence-corrected chi connectivity index (χ3v) is 2.83. The van der Waals surface area contributed by atoms with Crippen LogP contribution in [0.1, 0.15) is 17.9 Å². The lowest BCUT2D eigenvalue weighted by atomic mass is 9.99. The summed E-state index contributed by atoms with van der Waals surface area (Å²) in [6.07, 6.45) is 0.599. The lowest BCUT2D eigenvalue weighted by Gasteiger charge is -2.03. The molecule has 0 bridgehead atoms. The van der Waals surface area contributed by atoms with Gasteiger partial charge < -0.3 is 5.32 Å². The molecule has 1 aliphatic heterocycles. The Morgan fingerprint density at radius 3 is 3.23 bits per heavy atom. The van der Waals surface area contributed by atoms with Crippen LogP contribution in [-0.4, -0.2) is 6.54 Å². The van der Waals surface area contributed by atoms with Gasteiger partial charge in [0.25, 0.3) is 0 Å². The Balaban J connectivity index is 2.34. The molecule has 0 aromatic heterocycles. The molecule has 1 heterocycles. The number of anilines is 1. The van der Waals surface area contributed by atoms with Crippen molar-refractivity contribution in [3.05, 3.63) is 28.2 Å². The van der Waals surface area contributed by atoms with E-state index in [2.05, 4.69) is 39.4 Å². The van der Waals surface area contributed by atoms with Crippen molar-refractivity contribution in [3.8, 4) is 6.07 Å². The highest BCUT2D eigenvalue weighted by Crippen LogP contribution is 2.34. The first-order valence-electron chi connectivity index (χ1n) is 4.21. The van der Waals surface area contributed by atoms with Crippen molar-refractivity contribution in [2.45, 2.75) is 12.3 Å². The number of hydrogen-bond acceptors (Lipinski definition) is 2. The maximum absolute atomic E-state index is 8.62. The molecule has 2 rings (SSSR count). The molecule has 0 aliphatic carbocycles. The van der Waals surface area contributed by atoms with Gasteiger partial charge in [0.2, 0.25) is 0 Å². The topological polar surface area (TPSA) is 35.8 Å². The average Bonchev–Trinajstić information content (AvgIpc) is 2.49. The lowest BCUT2D eigenvalue weighted by Crippen LogP contribution is -2.00. The monoisotopic (exact) mass is 236 g/mol. The fourth-order valence-electron chi connectivity index (χ4n) is 1.67. The molecule has 0 spiro atoms. The molecule has 13 heavy (non-hydrogen) atoms. The number of fused-ring (bicyclic) bond motifs is 1. The summed E-state index contributed by atoms with van der Waals surface area (Å²) in [5, 5.41) is 11.9. The van der Waals surface area contributed by atoms with Crippen LogP contribution in [-0.2, 0) is 0 Å². The zero-order chi connectivity index (χ0) is 9.26. The Morgan fingerprint density at radius 2 is 2.46 bits per heavy atom. The van der Waals surface area contributed by atoms with E-state index in [1.165, 1.54) is 5.56 Å². The SMILES string of the molecule is N#CCC1CNc2cc(Br)ccc21. The summed E-state index contributed by atoms with van der Waals surface area (Å²) >= 11 is 3.42. The third kappa shape index (κ3) is 1.54. The van der Waals surface area contributed by atoms with E-state index in [4.69, 9.17) is 5.26 Å². The smallest absolute Gasteiger partial charge is 0.0628 e.